The first kappa shape index (κ1) is 45.5. The zero-order valence-electron chi connectivity index (χ0n) is 26.9. The van der Waals surface area contributed by atoms with E-state index in [4.69, 9.17) is 4.74 Å². The van der Waals surface area contributed by atoms with Crippen molar-refractivity contribution >= 4 is 53.3 Å². The molecular formula is C31H21N5Na4O8. The Morgan fingerprint density at radius 2 is 1.02 bits per heavy atom. The Morgan fingerprint density at radius 3 is 1.38 bits per heavy atom. The number of carboxylic acids is 3. The van der Waals surface area contributed by atoms with Gasteiger partial charge in [-0.1, -0.05) is 24.3 Å². The molecule has 0 saturated heterocycles. The van der Waals surface area contributed by atoms with Crippen molar-refractivity contribution in [2.24, 2.45) is 0 Å². The molecule has 2 N–H and O–H groups in total. The molecule has 0 spiro atoms. The van der Waals surface area contributed by atoms with Crippen LogP contribution in [0.3, 0.4) is 0 Å². The third kappa shape index (κ3) is 13.1. The van der Waals surface area contributed by atoms with Crippen LogP contribution in [-0.4, -0.2) is 40.0 Å². The van der Waals surface area contributed by atoms with Crippen LogP contribution in [0.4, 0.5) is 23.3 Å². The van der Waals surface area contributed by atoms with Gasteiger partial charge in [0.1, 0.15) is 5.75 Å². The summed E-state index contributed by atoms with van der Waals surface area (Å²) in [7, 11) is 1.54. The van der Waals surface area contributed by atoms with Crippen LogP contribution in [0.15, 0.2) is 96.3 Å². The summed E-state index contributed by atoms with van der Waals surface area (Å²) in [5.74, 6) is -5.04. The molecule has 0 aliphatic heterocycles. The quantitative estimate of drug-likeness (QED) is 0.0355. The van der Waals surface area contributed by atoms with E-state index in [2.05, 4.69) is 32.2 Å². The molecular weight excluding hydrogens is 662 g/mol. The monoisotopic (exact) mass is 683 g/mol. The first-order valence-corrected chi connectivity index (χ1v) is 12.6. The molecule has 0 atom stereocenters. The number of hydrogen-bond donors (Lipinski definition) is 2. The van der Waals surface area contributed by atoms with Gasteiger partial charge in [0.25, 0.3) is 0 Å². The zero-order valence-corrected chi connectivity index (χ0v) is 34.9. The maximum atomic E-state index is 11.5. The molecule has 0 radical (unpaired) electrons. The van der Waals surface area contributed by atoms with Gasteiger partial charge in [-0.05, 0) is 77.4 Å². The van der Waals surface area contributed by atoms with E-state index in [0.29, 0.717) is 34.1 Å². The van der Waals surface area contributed by atoms with Crippen molar-refractivity contribution < 1.29 is 158 Å². The molecule has 0 aliphatic carbocycles. The number of carbonyl (C=O) groups is 3. The predicted octanol–water partition coefficient (Wildman–Crippen LogP) is -12.1. The summed E-state index contributed by atoms with van der Waals surface area (Å²) in [6, 6.07) is 19.4. The number of rotatable bonds is 12. The summed E-state index contributed by atoms with van der Waals surface area (Å²) in [6.07, 6.45) is 2.07. The summed E-state index contributed by atoms with van der Waals surface area (Å²) < 4.78 is 5.21. The molecule has 17 heteroatoms. The van der Waals surface area contributed by atoms with Crippen molar-refractivity contribution in [1.29, 1.82) is 0 Å². The number of carboxylic acid groups (broad SMARTS) is 3. The normalized spacial score (nSPS) is 9.90. The van der Waals surface area contributed by atoms with Crippen LogP contribution in [0.5, 0.6) is 5.75 Å². The number of benzene rings is 3. The Kier molecular flexibility index (Phi) is 20.4. The van der Waals surface area contributed by atoms with E-state index in [0.717, 1.165) is 12.2 Å². The molecule has 0 bridgehead atoms. The minimum Gasteiger partial charge on any atom is -0.872 e. The summed E-state index contributed by atoms with van der Waals surface area (Å²) in [4.78, 5) is 46.6. The number of methoxy groups -OCH3 is 1. The Hall–Kier alpha value is -2.50. The molecule has 4 rings (SSSR count). The number of aromatic nitrogens is 3. The van der Waals surface area contributed by atoms with E-state index in [9.17, 15) is 34.8 Å². The number of anilines is 4. The maximum absolute atomic E-state index is 11.5. The van der Waals surface area contributed by atoms with E-state index in [-0.39, 0.29) is 136 Å². The summed E-state index contributed by atoms with van der Waals surface area (Å²) in [6.45, 7) is 3.11. The summed E-state index contributed by atoms with van der Waals surface area (Å²) in [5.41, 5.74) is 0.804. The molecule has 4 aromatic rings. The van der Waals surface area contributed by atoms with E-state index in [1.165, 1.54) is 12.1 Å². The molecule has 0 unspecified atom stereocenters. The van der Waals surface area contributed by atoms with Crippen molar-refractivity contribution in [2.45, 2.75) is 0 Å². The van der Waals surface area contributed by atoms with E-state index < -0.39 is 34.8 Å². The fourth-order valence-electron chi connectivity index (χ4n) is 3.73. The van der Waals surface area contributed by atoms with E-state index in [1.807, 2.05) is 0 Å². The van der Waals surface area contributed by atoms with Crippen molar-refractivity contribution in [1.82, 2.24) is 15.0 Å². The van der Waals surface area contributed by atoms with E-state index in [1.54, 1.807) is 67.8 Å². The van der Waals surface area contributed by atoms with Crippen molar-refractivity contribution in [3.63, 3.8) is 0 Å². The minimum atomic E-state index is -1.87. The zero-order chi connectivity index (χ0) is 31.8. The van der Waals surface area contributed by atoms with Gasteiger partial charge in [0.2, 0.25) is 11.9 Å². The second-order valence-corrected chi connectivity index (χ2v) is 8.93. The number of ether oxygens (including phenoxy) is 1. The van der Waals surface area contributed by atoms with Crippen LogP contribution >= 0.6 is 0 Å². The van der Waals surface area contributed by atoms with Gasteiger partial charge in [0, 0.05) is 22.5 Å². The van der Waals surface area contributed by atoms with Gasteiger partial charge >= 0.3 is 118 Å². The molecule has 0 aliphatic rings. The Bertz CT molecular complexity index is 1660. The Labute approximate surface area is 363 Å². The van der Waals surface area contributed by atoms with Gasteiger partial charge < -0.3 is 50.2 Å². The smallest absolute Gasteiger partial charge is 0.872 e. The minimum absolute atomic E-state index is 0. The van der Waals surface area contributed by atoms with Crippen LogP contribution in [0, 0.1) is 0 Å². The maximum Gasteiger partial charge on any atom is 1.00 e. The molecule has 0 amide bonds. The third-order valence-corrected chi connectivity index (χ3v) is 5.90. The SMILES string of the molecule is C=C([O-])/C(=C/c1ccc(Nc2nc(Nc3ccc(C=C(C(=O)[O-])C(=O)[O-])cc3)nc(-c3ccc(OC)cc3)n2)cc1)C(=O)[O-].[Na+].[Na+].[Na+].[Na+]. The van der Waals surface area contributed by atoms with Crippen LogP contribution < -0.4 is 154 Å². The molecule has 48 heavy (non-hydrogen) atoms. The first-order valence-electron chi connectivity index (χ1n) is 12.6. The van der Waals surface area contributed by atoms with Crippen molar-refractivity contribution in [2.75, 3.05) is 17.7 Å². The number of nitrogens with zero attached hydrogens (tertiary/aromatic N) is 3. The van der Waals surface area contributed by atoms with Crippen molar-refractivity contribution in [3.05, 3.63) is 107 Å². The van der Waals surface area contributed by atoms with Crippen LogP contribution in [0.1, 0.15) is 11.1 Å². The van der Waals surface area contributed by atoms with Crippen molar-refractivity contribution in [3.8, 4) is 17.1 Å². The standard InChI is InChI=1S/C31H25N5O8.4Na/c1-17(37)24(27(38)39)15-18-3-9-21(10-4-18)32-30-34-26(20-7-13-23(44-2)14-8-20)35-31(36-30)33-22-11-5-19(6-12-22)16-25(28(40)41)29(42)43;;;;/h3-16,37H,1H2,2H3,(H,38,39)(H,40,41)(H,42,43)(H2,32,33,34,35,36);;;;/q;4*+1/p-4/b24-15-;;;;. The van der Waals surface area contributed by atoms with Gasteiger partial charge in [-0.3, -0.25) is 0 Å². The van der Waals surface area contributed by atoms with Crippen LogP contribution in [0.2, 0.25) is 0 Å². The fraction of sp³-hybridized carbons (Fsp3) is 0.0323. The number of aliphatic carboxylic acids is 3. The largest absolute Gasteiger partial charge is 1.00 e. The summed E-state index contributed by atoms with van der Waals surface area (Å²) >= 11 is 0. The number of nitrogens with one attached hydrogen (secondary N) is 2. The molecule has 0 saturated carbocycles. The second kappa shape index (κ2) is 21.6. The fourth-order valence-corrected chi connectivity index (χ4v) is 3.73. The van der Waals surface area contributed by atoms with Crippen LogP contribution in [0.25, 0.3) is 23.5 Å². The van der Waals surface area contributed by atoms with Gasteiger partial charge in [-0.25, -0.2) is 0 Å². The third-order valence-electron chi connectivity index (χ3n) is 5.90. The molecule has 222 valence electrons. The first-order chi connectivity index (χ1) is 21.0. The average Bonchev–Trinajstić information content (AvgIpc) is 2.99. The van der Waals surface area contributed by atoms with Gasteiger partial charge in [-0.15, -0.1) is 12.3 Å². The van der Waals surface area contributed by atoms with E-state index >= 15 is 0 Å². The van der Waals surface area contributed by atoms with Gasteiger partial charge in [0.05, 0.1) is 25.0 Å². The van der Waals surface area contributed by atoms with Crippen LogP contribution in [-0.2, 0) is 14.4 Å². The Balaban J connectivity index is 0.00000552. The van der Waals surface area contributed by atoms with Gasteiger partial charge in [-0.2, -0.15) is 15.0 Å². The Morgan fingerprint density at radius 1 is 0.625 bits per heavy atom. The van der Waals surface area contributed by atoms with Gasteiger partial charge in [0.15, 0.2) is 5.82 Å². The number of carbonyl (C=O) groups excluding carboxylic acids is 3. The molecule has 1 aromatic heterocycles. The molecule has 1 heterocycles. The second-order valence-electron chi connectivity index (χ2n) is 8.93. The average molecular weight is 683 g/mol. The summed E-state index contributed by atoms with van der Waals surface area (Å²) in [5, 5.41) is 50.8. The predicted molar refractivity (Wildman–Crippen MR) is 151 cm³/mol. The number of hydrogen-bond acceptors (Lipinski definition) is 13. The molecule has 13 nitrogen and oxygen atoms in total. The molecule has 3 aromatic carbocycles. The topological polar surface area (TPSA) is 215 Å². The molecule has 0 fully saturated rings.